The van der Waals surface area contributed by atoms with Crippen LogP contribution in [0.3, 0.4) is 0 Å². The van der Waals surface area contributed by atoms with Gasteiger partial charge >= 0.3 is 11.9 Å². The van der Waals surface area contributed by atoms with Crippen molar-refractivity contribution in [1.29, 1.82) is 10.5 Å². The highest BCUT2D eigenvalue weighted by Gasteiger charge is 2.31. The van der Waals surface area contributed by atoms with Crippen molar-refractivity contribution in [3.63, 3.8) is 0 Å². The number of aryl methyl sites for hydroxylation is 4. The third-order valence-corrected chi connectivity index (χ3v) is 11.1. The minimum atomic E-state index is -0.978. The van der Waals surface area contributed by atoms with Crippen LogP contribution in [0.25, 0.3) is 22.7 Å². The van der Waals surface area contributed by atoms with Gasteiger partial charge in [-0.05, 0) is 67.2 Å². The lowest BCUT2D eigenvalue weighted by Gasteiger charge is -2.25. The van der Waals surface area contributed by atoms with E-state index >= 15 is 0 Å². The van der Waals surface area contributed by atoms with Crippen LogP contribution in [-0.4, -0.2) is 44.1 Å². The lowest BCUT2D eigenvalue weighted by Crippen LogP contribution is -2.30. The normalized spacial score (nSPS) is 13.4. The number of carbonyl (C=O) groups is 2. The first kappa shape index (κ1) is 51.5. The molecule has 2 aromatic carbocycles. The molecule has 0 aliphatic heterocycles. The molecular weight excluding hydrogens is 839 g/mol. The van der Waals surface area contributed by atoms with E-state index in [2.05, 4.69) is 70.5 Å². The van der Waals surface area contributed by atoms with Gasteiger partial charge in [0.25, 0.3) is 0 Å². The zero-order valence-corrected chi connectivity index (χ0v) is 40.7. The number of esters is 2. The Morgan fingerprint density at radius 1 is 0.698 bits per heavy atom. The molecule has 0 aliphatic carbocycles. The van der Waals surface area contributed by atoms with Crippen LogP contribution >= 0.6 is 23.2 Å². The summed E-state index contributed by atoms with van der Waals surface area (Å²) >= 11 is 13.0. The van der Waals surface area contributed by atoms with Crippen LogP contribution in [0.5, 0.6) is 0 Å². The summed E-state index contributed by atoms with van der Waals surface area (Å²) < 4.78 is 25.8. The van der Waals surface area contributed by atoms with Gasteiger partial charge in [0.1, 0.15) is 34.7 Å². The van der Waals surface area contributed by atoms with Crippen LogP contribution in [0.2, 0.25) is 10.0 Å². The zero-order chi connectivity index (χ0) is 47.8. The van der Waals surface area contributed by atoms with Gasteiger partial charge in [0.15, 0.2) is 11.5 Å². The number of hydrogen-bond acceptors (Lipinski definition) is 10. The molecule has 0 bridgehead atoms. The molecule has 2 unspecified atom stereocenters. The fourth-order valence-corrected chi connectivity index (χ4v) is 6.53. The van der Waals surface area contributed by atoms with E-state index in [1.165, 1.54) is 4.68 Å². The Labute approximate surface area is 382 Å². The predicted octanol–water partition coefficient (Wildman–Crippen LogP) is 11.6. The summed E-state index contributed by atoms with van der Waals surface area (Å²) in [7, 11) is 3.43. The molecule has 2 aromatic heterocycles. The standard InChI is InChI=1S/C26H34ClN3O3.C23H26ClN3O3/c1-10-26(7,8)24(31)33-17(3)32-23(22-21(27)16(2)29-30(22)9)20(15-28)18-11-13-19(14-12-18)25(4,5)6;1-8-19(28)29-15(3)30-22(21-20(24)14(2)26-27(21)7)18(13-25)16-9-11-17(12-10-16)23(4,5)6/h11-14,17H,10H2,1-9H3;8-12,15H,1H2,2-7H3/b23-20-;22-18-. The first-order valence-electron chi connectivity index (χ1n) is 20.5. The average molecular weight is 900 g/mol. The quantitative estimate of drug-likeness (QED) is 0.0416. The Morgan fingerprint density at radius 2 is 1.05 bits per heavy atom. The molecular formula is C49H60Cl2N6O6. The summed E-state index contributed by atoms with van der Waals surface area (Å²) in [6, 6.07) is 19.9. The summed E-state index contributed by atoms with van der Waals surface area (Å²) in [6.45, 7) is 28.4. The van der Waals surface area contributed by atoms with Gasteiger partial charge in [-0.3, -0.25) is 14.2 Å². The molecule has 0 aliphatic rings. The van der Waals surface area contributed by atoms with E-state index in [4.69, 9.17) is 42.1 Å². The SMILES string of the molecule is C=CC(=O)OC(C)O/C(=C(/C#N)c1ccc(C(C)(C)C)cc1)c1c(Cl)c(C)nn1C.CCC(C)(C)C(=O)OC(C)O/C(=C(/C#N)c1ccc(C(C)(C)C)cc1)c1c(Cl)c(C)nn1C. The fourth-order valence-electron chi connectivity index (χ4n) is 6.04. The number of allylic oxidation sites excluding steroid dienone is 2. The van der Waals surface area contributed by atoms with E-state index in [-0.39, 0.29) is 39.5 Å². The van der Waals surface area contributed by atoms with E-state index in [0.29, 0.717) is 50.4 Å². The second-order valence-corrected chi connectivity index (χ2v) is 18.4. The molecule has 0 spiro atoms. The number of nitriles is 2. The maximum absolute atomic E-state index is 12.6. The first-order valence-corrected chi connectivity index (χ1v) is 21.2. The summed E-state index contributed by atoms with van der Waals surface area (Å²) in [5.41, 5.74) is 5.49. The monoisotopic (exact) mass is 898 g/mol. The van der Waals surface area contributed by atoms with Crippen molar-refractivity contribution in [2.75, 3.05) is 0 Å². The lowest BCUT2D eigenvalue weighted by molar-refractivity contribution is -0.175. The number of nitrogens with zero attached hydrogens (tertiary/aromatic N) is 6. The number of hydrogen-bond donors (Lipinski definition) is 0. The highest BCUT2D eigenvalue weighted by molar-refractivity contribution is 6.33. The zero-order valence-electron chi connectivity index (χ0n) is 39.2. The summed E-state index contributed by atoms with van der Waals surface area (Å²) in [5, 5.41) is 29.5. The van der Waals surface area contributed by atoms with Crippen LogP contribution in [0, 0.1) is 41.9 Å². The number of halogens is 2. The largest absolute Gasteiger partial charge is 0.451 e. The number of aromatic nitrogens is 4. The molecule has 2 atom stereocenters. The van der Waals surface area contributed by atoms with Crippen molar-refractivity contribution in [2.45, 2.75) is 120 Å². The molecule has 4 rings (SSSR count). The highest BCUT2D eigenvalue weighted by Crippen LogP contribution is 2.37. The molecule has 2 heterocycles. The molecule has 14 heteroatoms. The summed E-state index contributed by atoms with van der Waals surface area (Å²) in [5.74, 6) is -0.624. The average Bonchev–Trinajstić information content (AvgIpc) is 3.62. The van der Waals surface area contributed by atoms with Gasteiger partial charge in [-0.2, -0.15) is 20.7 Å². The van der Waals surface area contributed by atoms with Gasteiger partial charge in [0.05, 0.1) is 26.8 Å². The summed E-state index contributed by atoms with van der Waals surface area (Å²) in [6.07, 6.45) is -0.255. The molecule has 63 heavy (non-hydrogen) atoms. The molecule has 0 radical (unpaired) electrons. The van der Waals surface area contributed by atoms with Crippen molar-refractivity contribution in [3.8, 4) is 12.1 Å². The minimum Gasteiger partial charge on any atom is -0.451 e. The second kappa shape index (κ2) is 21.0. The van der Waals surface area contributed by atoms with Crippen molar-refractivity contribution < 1.29 is 28.5 Å². The lowest BCUT2D eigenvalue weighted by atomic mass is 9.86. The third-order valence-electron chi connectivity index (χ3n) is 10.2. The Bertz CT molecular complexity index is 2450. The number of ether oxygens (including phenoxy) is 4. The maximum Gasteiger partial charge on any atom is 0.333 e. The Hall–Kier alpha value is -5.82. The van der Waals surface area contributed by atoms with E-state index in [9.17, 15) is 20.1 Å². The number of carbonyl (C=O) groups excluding carboxylic acids is 2. The van der Waals surface area contributed by atoms with Gasteiger partial charge in [-0.1, -0.05) is 127 Å². The Kier molecular flexibility index (Phi) is 17.2. The molecule has 336 valence electrons. The Balaban J connectivity index is 0.000000337. The predicted molar refractivity (Wildman–Crippen MR) is 249 cm³/mol. The maximum atomic E-state index is 12.6. The van der Waals surface area contributed by atoms with E-state index < -0.39 is 24.0 Å². The van der Waals surface area contributed by atoms with Gasteiger partial charge in [0, 0.05) is 34.0 Å². The molecule has 0 saturated heterocycles. The van der Waals surface area contributed by atoms with Crippen molar-refractivity contribution in [1.82, 2.24) is 19.6 Å². The van der Waals surface area contributed by atoms with E-state index in [1.807, 2.05) is 69.3 Å². The molecule has 0 N–H and O–H groups in total. The van der Waals surface area contributed by atoms with Crippen LogP contribution in [0.4, 0.5) is 0 Å². The summed E-state index contributed by atoms with van der Waals surface area (Å²) in [4.78, 5) is 24.2. The molecule has 4 aromatic rings. The third kappa shape index (κ3) is 12.9. The smallest absolute Gasteiger partial charge is 0.333 e. The van der Waals surface area contributed by atoms with Crippen molar-refractivity contribution >= 4 is 57.8 Å². The van der Waals surface area contributed by atoms with Crippen LogP contribution in [0.15, 0.2) is 61.2 Å². The van der Waals surface area contributed by atoms with Crippen LogP contribution in [0.1, 0.15) is 128 Å². The molecule has 0 saturated carbocycles. The van der Waals surface area contributed by atoms with Gasteiger partial charge in [-0.15, -0.1) is 0 Å². The van der Waals surface area contributed by atoms with Gasteiger partial charge in [-0.25, -0.2) is 4.79 Å². The van der Waals surface area contributed by atoms with Gasteiger partial charge < -0.3 is 18.9 Å². The Morgan fingerprint density at radius 3 is 1.32 bits per heavy atom. The first-order chi connectivity index (χ1) is 29.2. The van der Waals surface area contributed by atoms with E-state index in [1.54, 1.807) is 46.5 Å². The second-order valence-electron chi connectivity index (χ2n) is 17.7. The van der Waals surface area contributed by atoms with Crippen LogP contribution < -0.4 is 0 Å². The topological polar surface area (TPSA) is 154 Å². The molecule has 12 nitrogen and oxygen atoms in total. The van der Waals surface area contributed by atoms with Gasteiger partial charge in [0.2, 0.25) is 12.6 Å². The van der Waals surface area contributed by atoms with Crippen LogP contribution in [-0.2, 0) is 53.5 Å². The van der Waals surface area contributed by atoms with E-state index in [0.717, 1.165) is 17.2 Å². The fraction of sp³-hybridized carbons (Fsp3) is 0.429. The molecule has 0 amide bonds. The minimum absolute atomic E-state index is 0.0222. The van der Waals surface area contributed by atoms with Crippen molar-refractivity contribution in [3.05, 3.63) is 116 Å². The number of benzene rings is 2. The number of rotatable bonds is 13. The van der Waals surface area contributed by atoms with Crippen molar-refractivity contribution in [2.24, 2.45) is 19.5 Å². The molecule has 0 fully saturated rings. The highest BCUT2D eigenvalue weighted by atomic mass is 35.5.